The van der Waals surface area contributed by atoms with Crippen molar-refractivity contribution in [1.29, 1.82) is 5.26 Å². The Morgan fingerprint density at radius 1 is 1.73 bits per heavy atom. The fourth-order valence-corrected chi connectivity index (χ4v) is 1.89. The van der Waals surface area contributed by atoms with Gasteiger partial charge in [-0.1, -0.05) is 6.07 Å². The van der Waals surface area contributed by atoms with Crippen LogP contribution in [0.2, 0.25) is 0 Å². The lowest BCUT2D eigenvalue weighted by Crippen LogP contribution is -1.92. The van der Waals surface area contributed by atoms with Gasteiger partial charge in [0.05, 0.1) is 12.0 Å². The highest BCUT2D eigenvalue weighted by molar-refractivity contribution is 7.10. The van der Waals surface area contributed by atoms with Crippen molar-refractivity contribution in [2.75, 3.05) is 5.88 Å². The molecule has 0 bridgehead atoms. The molecule has 1 aromatic heterocycles. The minimum absolute atomic E-state index is 0.00694. The summed E-state index contributed by atoms with van der Waals surface area (Å²) in [5.74, 6) is 0.545. The van der Waals surface area contributed by atoms with Crippen LogP contribution in [0, 0.1) is 11.3 Å². The van der Waals surface area contributed by atoms with E-state index in [1.807, 2.05) is 17.5 Å². The van der Waals surface area contributed by atoms with Crippen molar-refractivity contribution in [2.45, 2.75) is 12.3 Å². The molecule has 0 saturated carbocycles. The third-order valence-corrected chi connectivity index (χ3v) is 2.64. The first-order valence-corrected chi connectivity index (χ1v) is 4.79. The molecule has 0 fully saturated rings. The Morgan fingerprint density at radius 3 is 3.00 bits per heavy atom. The van der Waals surface area contributed by atoms with Crippen molar-refractivity contribution in [1.82, 2.24) is 0 Å². The van der Waals surface area contributed by atoms with Crippen LogP contribution in [0.5, 0.6) is 0 Å². The predicted octanol–water partition coefficient (Wildman–Crippen LogP) is 2.98. The van der Waals surface area contributed by atoms with E-state index in [0.29, 0.717) is 5.88 Å². The third kappa shape index (κ3) is 2.21. The van der Waals surface area contributed by atoms with Gasteiger partial charge in [0.2, 0.25) is 0 Å². The molecule has 0 spiro atoms. The highest BCUT2D eigenvalue weighted by atomic mass is 35.5. The Bertz CT molecular complexity index is 237. The van der Waals surface area contributed by atoms with Crippen molar-refractivity contribution in [3.8, 4) is 6.07 Å². The largest absolute Gasteiger partial charge is 0.198 e. The van der Waals surface area contributed by atoms with Gasteiger partial charge in [-0.05, 0) is 17.9 Å². The topological polar surface area (TPSA) is 23.8 Å². The molecule has 0 aliphatic carbocycles. The van der Waals surface area contributed by atoms with Crippen LogP contribution in [0.1, 0.15) is 17.2 Å². The Balaban J connectivity index is 2.65. The number of hydrogen-bond donors (Lipinski definition) is 0. The molecule has 1 unspecified atom stereocenters. The summed E-state index contributed by atoms with van der Waals surface area (Å²) in [4.78, 5) is 1.12. The highest BCUT2D eigenvalue weighted by Crippen LogP contribution is 2.23. The fourth-order valence-electron chi connectivity index (χ4n) is 0.869. The molecule has 1 nitrogen and oxygen atoms in total. The van der Waals surface area contributed by atoms with Gasteiger partial charge in [0.15, 0.2) is 0 Å². The number of thiophene rings is 1. The summed E-state index contributed by atoms with van der Waals surface area (Å²) in [6.07, 6.45) is 0.749. The Morgan fingerprint density at radius 2 is 2.55 bits per heavy atom. The molecule has 1 atom stereocenters. The zero-order valence-electron chi connectivity index (χ0n) is 5.96. The molecule has 0 amide bonds. The molecule has 0 aliphatic rings. The highest BCUT2D eigenvalue weighted by Gasteiger charge is 2.09. The van der Waals surface area contributed by atoms with Gasteiger partial charge in [-0.3, -0.25) is 0 Å². The Kier molecular flexibility index (Phi) is 3.41. The maximum Gasteiger partial charge on any atom is 0.0817 e. The fraction of sp³-hybridized carbons (Fsp3) is 0.375. The second-order valence-corrected chi connectivity index (χ2v) is 3.53. The Labute approximate surface area is 75.2 Å². The van der Waals surface area contributed by atoms with Crippen LogP contribution in [0.15, 0.2) is 17.5 Å². The molecule has 0 aliphatic heterocycles. The van der Waals surface area contributed by atoms with Gasteiger partial charge >= 0.3 is 0 Å². The first kappa shape index (κ1) is 8.58. The maximum absolute atomic E-state index is 8.73. The van der Waals surface area contributed by atoms with E-state index in [9.17, 15) is 0 Å². The van der Waals surface area contributed by atoms with E-state index in [-0.39, 0.29) is 5.92 Å². The van der Waals surface area contributed by atoms with Crippen LogP contribution >= 0.6 is 22.9 Å². The molecule has 3 heteroatoms. The van der Waals surface area contributed by atoms with Gasteiger partial charge in [0.25, 0.3) is 0 Å². The summed E-state index contributed by atoms with van der Waals surface area (Å²) in [5, 5.41) is 10.7. The van der Waals surface area contributed by atoms with Crippen LogP contribution in [0.4, 0.5) is 0 Å². The van der Waals surface area contributed by atoms with E-state index in [2.05, 4.69) is 6.07 Å². The van der Waals surface area contributed by atoms with Gasteiger partial charge in [0, 0.05) is 10.8 Å². The lowest BCUT2D eigenvalue weighted by Gasteiger charge is -2.01. The SMILES string of the molecule is N#CC(CCCl)c1cccs1. The van der Waals surface area contributed by atoms with E-state index < -0.39 is 0 Å². The average molecular weight is 186 g/mol. The third-order valence-electron chi connectivity index (χ3n) is 1.44. The molecular formula is C8H8ClNS. The molecule has 0 N–H and O–H groups in total. The lowest BCUT2D eigenvalue weighted by atomic mass is 10.1. The number of alkyl halides is 1. The van der Waals surface area contributed by atoms with Crippen molar-refractivity contribution >= 4 is 22.9 Å². The molecule has 11 heavy (non-hydrogen) atoms. The van der Waals surface area contributed by atoms with Crippen molar-refractivity contribution in [3.05, 3.63) is 22.4 Å². The second-order valence-electron chi connectivity index (χ2n) is 2.17. The zero-order valence-corrected chi connectivity index (χ0v) is 7.53. The number of rotatable bonds is 3. The molecule has 1 aromatic rings. The van der Waals surface area contributed by atoms with Gasteiger partial charge in [-0.25, -0.2) is 0 Å². The van der Waals surface area contributed by atoms with E-state index in [0.717, 1.165) is 11.3 Å². The van der Waals surface area contributed by atoms with Gasteiger partial charge in [-0.2, -0.15) is 5.26 Å². The molecule has 0 saturated heterocycles. The number of nitrogens with zero attached hydrogens (tertiary/aromatic N) is 1. The first-order chi connectivity index (χ1) is 5.38. The molecule has 1 heterocycles. The van der Waals surface area contributed by atoms with Gasteiger partial charge in [-0.15, -0.1) is 22.9 Å². The average Bonchev–Trinajstić information content (AvgIpc) is 2.52. The number of nitriles is 1. The van der Waals surface area contributed by atoms with Crippen molar-refractivity contribution < 1.29 is 0 Å². The number of halogens is 1. The van der Waals surface area contributed by atoms with Crippen LogP contribution < -0.4 is 0 Å². The van der Waals surface area contributed by atoms with E-state index >= 15 is 0 Å². The van der Waals surface area contributed by atoms with Crippen LogP contribution in [-0.4, -0.2) is 5.88 Å². The standard InChI is InChI=1S/C8H8ClNS/c9-4-3-7(6-10)8-2-1-5-11-8/h1-2,5,7H,3-4H2. The molecule has 1 rings (SSSR count). The quantitative estimate of drug-likeness (QED) is 0.665. The first-order valence-electron chi connectivity index (χ1n) is 3.37. The van der Waals surface area contributed by atoms with Gasteiger partial charge in [0.1, 0.15) is 0 Å². The van der Waals surface area contributed by atoms with E-state index in [4.69, 9.17) is 16.9 Å². The normalized spacial score (nSPS) is 12.4. The molecule has 58 valence electrons. The summed E-state index contributed by atoms with van der Waals surface area (Å²) in [6.45, 7) is 0. The Hall–Kier alpha value is -0.520. The summed E-state index contributed by atoms with van der Waals surface area (Å²) in [5.41, 5.74) is 0. The minimum atomic E-state index is -0.00694. The molecule has 0 radical (unpaired) electrons. The van der Waals surface area contributed by atoms with Crippen LogP contribution in [-0.2, 0) is 0 Å². The second kappa shape index (κ2) is 4.38. The predicted molar refractivity (Wildman–Crippen MR) is 48.0 cm³/mol. The monoisotopic (exact) mass is 185 g/mol. The van der Waals surface area contributed by atoms with Crippen molar-refractivity contribution in [2.24, 2.45) is 0 Å². The number of hydrogen-bond acceptors (Lipinski definition) is 2. The summed E-state index contributed by atoms with van der Waals surface area (Å²) in [7, 11) is 0. The molecular weight excluding hydrogens is 178 g/mol. The smallest absolute Gasteiger partial charge is 0.0817 e. The summed E-state index contributed by atoms with van der Waals surface area (Å²) in [6, 6.07) is 6.17. The minimum Gasteiger partial charge on any atom is -0.198 e. The van der Waals surface area contributed by atoms with E-state index in [1.165, 1.54) is 0 Å². The van der Waals surface area contributed by atoms with Gasteiger partial charge < -0.3 is 0 Å². The summed E-state index contributed by atoms with van der Waals surface area (Å²) < 4.78 is 0. The maximum atomic E-state index is 8.73. The zero-order chi connectivity index (χ0) is 8.10. The van der Waals surface area contributed by atoms with E-state index in [1.54, 1.807) is 11.3 Å². The van der Waals surface area contributed by atoms with Crippen LogP contribution in [0.3, 0.4) is 0 Å². The molecule has 0 aromatic carbocycles. The van der Waals surface area contributed by atoms with Crippen molar-refractivity contribution in [3.63, 3.8) is 0 Å². The van der Waals surface area contributed by atoms with Crippen LogP contribution in [0.25, 0.3) is 0 Å². The summed E-state index contributed by atoms with van der Waals surface area (Å²) >= 11 is 7.16. The lowest BCUT2D eigenvalue weighted by molar-refractivity contribution is 0.840.